The molecule has 0 aromatic heterocycles. The summed E-state index contributed by atoms with van der Waals surface area (Å²) in [6.07, 6.45) is 0. The molecule has 1 rings (SSSR count). The predicted molar refractivity (Wildman–Crippen MR) is 41.9 cm³/mol. The van der Waals surface area contributed by atoms with Gasteiger partial charge in [-0.25, -0.2) is 0 Å². The summed E-state index contributed by atoms with van der Waals surface area (Å²) in [5.41, 5.74) is 1.51. The van der Waals surface area contributed by atoms with Crippen LogP contribution in [0.2, 0.25) is 0 Å². The van der Waals surface area contributed by atoms with E-state index >= 15 is 0 Å². The molecule has 0 N–H and O–H groups in total. The maximum absolute atomic E-state index is 5.08. The number of halogens is 1. The lowest BCUT2D eigenvalue weighted by atomic mass is 9.82. The average Bonchev–Trinajstić information content (AvgIpc) is 1.81. The Morgan fingerprint density at radius 2 is 2.33 bits per heavy atom. The van der Waals surface area contributed by atoms with Crippen molar-refractivity contribution in [1.29, 1.82) is 0 Å². The molecule has 0 amide bonds. The highest BCUT2D eigenvalue weighted by atomic mass is 79.9. The van der Waals surface area contributed by atoms with Crippen LogP contribution in [0, 0.1) is 5.41 Å². The Hall–Kier alpha value is 0.180. The van der Waals surface area contributed by atoms with Gasteiger partial charge < -0.3 is 4.74 Å². The van der Waals surface area contributed by atoms with E-state index in [1.807, 2.05) is 0 Å². The zero-order chi connectivity index (χ0) is 6.91. The van der Waals surface area contributed by atoms with Crippen molar-refractivity contribution >= 4 is 15.9 Å². The highest BCUT2D eigenvalue weighted by molar-refractivity contribution is 9.09. The van der Waals surface area contributed by atoms with Crippen molar-refractivity contribution in [3.05, 3.63) is 12.2 Å². The standard InChI is InChI=1S/C7H11BrO/c1-6(3-8)7(2)4-9-5-7/h1,3-5H2,2H3. The van der Waals surface area contributed by atoms with Gasteiger partial charge in [0.25, 0.3) is 0 Å². The van der Waals surface area contributed by atoms with E-state index in [0.29, 0.717) is 0 Å². The fraction of sp³-hybridized carbons (Fsp3) is 0.714. The minimum atomic E-state index is 0.267. The largest absolute Gasteiger partial charge is 0.379 e. The van der Waals surface area contributed by atoms with Gasteiger partial charge in [0.2, 0.25) is 0 Å². The third kappa shape index (κ3) is 1.19. The monoisotopic (exact) mass is 190 g/mol. The molecular formula is C7H11BrO. The van der Waals surface area contributed by atoms with Crippen LogP contribution in [0.25, 0.3) is 0 Å². The number of hydrogen-bond donors (Lipinski definition) is 0. The van der Waals surface area contributed by atoms with Crippen LogP contribution in [-0.2, 0) is 4.74 Å². The maximum atomic E-state index is 5.08. The number of alkyl halides is 1. The van der Waals surface area contributed by atoms with E-state index in [0.717, 1.165) is 18.5 Å². The molecule has 1 aliphatic rings. The highest BCUT2D eigenvalue weighted by Gasteiger charge is 2.35. The molecule has 2 heteroatoms. The van der Waals surface area contributed by atoms with E-state index in [9.17, 15) is 0 Å². The van der Waals surface area contributed by atoms with Crippen LogP contribution in [0.3, 0.4) is 0 Å². The van der Waals surface area contributed by atoms with Crippen molar-refractivity contribution in [2.45, 2.75) is 6.92 Å². The molecule has 0 spiro atoms. The summed E-state index contributed by atoms with van der Waals surface area (Å²) in [4.78, 5) is 0. The van der Waals surface area contributed by atoms with Crippen molar-refractivity contribution in [1.82, 2.24) is 0 Å². The molecule has 1 aliphatic heterocycles. The predicted octanol–water partition coefficient (Wildman–Crippen LogP) is 1.97. The van der Waals surface area contributed by atoms with Crippen LogP contribution >= 0.6 is 15.9 Å². The lowest BCUT2D eigenvalue weighted by molar-refractivity contribution is -0.0770. The summed E-state index contributed by atoms with van der Waals surface area (Å²) in [5, 5.41) is 0.896. The summed E-state index contributed by atoms with van der Waals surface area (Å²) in [6.45, 7) is 7.81. The lowest BCUT2D eigenvalue weighted by Gasteiger charge is -2.39. The third-order valence-corrected chi connectivity index (χ3v) is 2.53. The van der Waals surface area contributed by atoms with Crippen molar-refractivity contribution < 1.29 is 4.74 Å². The first-order chi connectivity index (χ1) is 4.19. The topological polar surface area (TPSA) is 9.23 Å². The van der Waals surface area contributed by atoms with Crippen LogP contribution in [0.4, 0.5) is 0 Å². The molecule has 0 saturated carbocycles. The van der Waals surface area contributed by atoms with Crippen molar-refractivity contribution in [2.75, 3.05) is 18.5 Å². The van der Waals surface area contributed by atoms with Gasteiger partial charge in [-0.3, -0.25) is 0 Å². The number of rotatable bonds is 2. The molecule has 1 fully saturated rings. The van der Waals surface area contributed by atoms with Gasteiger partial charge in [0, 0.05) is 10.7 Å². The Balaban J connectivity index is 2.49. The van der Waals surface area contributed by atoms with Crippen LogP contribution in [0.15, 0.2) is 12.2 Å². The van der Waals surface area contributed by atoms with Gasteiger partial charge in [0.1, 0.15) is 0 Å². The summed E-state index contributed by atoms with van der Waals surface area (Å²) in [7, 11) is 0. The molecule has 0 aliphatic carbocycles. The molecule has 0 unspecified atom stereocenters. The van der Waals surface area contributed by atoms with E-state index in [1.165, 1.54) is 5.57 Å². The van der Waals surface area contributed by atoms with E-state index in [2.05, 4.69) is 29.4 Å². The van der Waals surface area contributed by atoms with Crippen LogP contribution in [0.5, 0.6) is 0 Å². The molecule has 52 valence electrons. The van der Waals surface area contributed by atoms with E-state index < -0.39 is 0 Å². The molecule has 0 aromatic rings. The lowest BCUT2D eigenvalue weighted by Crippen LogP contribution is -2.41. The molecule has 0 atom stereocenters. The number of hydrogen-bond acceptors (Lipinski definition) is 1. The normalized spacial score (nSPS) is 22.9. The molecule has 0 bridgehead atoms. The van der Waals surface area contributed by atoms with E-state index in [4.69, 9.17) is 4.74 Å². The highest BCUT2D eigenvalue weighted by Crippen LogP contribution is 2.34. The van der Waals surface area contributed by atoms with Gasteiger partial charge in [0.05, 0.1) is 13.2 Å². The van der Waals surface area contributed by atoms with Gasteiger partial charge in [-0.05, 0) is 0 Å². The van der Waals surface area contributed by atoms with Gasteiger partial charge >= 0.3 is 0 Å². The number of ether oxygens (including phenoxy) is 1. The second-order valence-corrected chi connectivity index (χ2v) is 3.35. The molecule has 9 heavy (non-hydrogen) atoms. The Morgan fingerprint density at radius 1 is 1.78 bits per heavy atom. The van der Waals surface area contributed by atoms with Gasteiger partial charge in [-0.1, -0.05) is 35.0 Å². The van der Waals surface area contributed by atoms with Crippen molar-refractivity contribution in [3.8, 4) is 0 Å². The summed E-state index contributed by atoms with van der Waals surface area (Å²) in [5.74, 6) is 0. The smallest absolute Gasteiger partial charge is 0.0579 e. The molecular weight excluding hydrogens is 180 g/mol. The second kappa shape index (κ2) is 2.43. The summed E-state index contributed by atoms with van der Waals surface area (Å²) in [6, 6.07) is 0. The quantitative estimate of drug-likeness (QED) is 0.479. The molecule has 1 saturated heterocycles. The second-order valence-electron chi connectivity index (χ2n) is 2.79. The first kappa shape index (κ1) is 7.29. The van der Waals surface area contributed by atoms with E-state index in [1.54, 1.807) is 0 Å². The fourth-order valence-corrected chi connectivity index (χ4v) is 1.45. The fourth-order valence-electron chi connectivity index (χ4n) is 0.774. The van der Waals surface area contributed by atoms with Gasteiger partial charge in [-0.15, -0.1) is 0 Å². The zero-order valence-corrected chi connectivity index (χ0v) is 7.20. The molecule has 0 radical (unpaired) electrons. The van der Waals surface area contributed by atoms with Crippen LogP contribution in [-0.4, -0.2) is 18.5 Å². The van der Waals surface area contributed by atoms with Gasteiger partial charge in [-0.2, -0.15) is 0 Å². The van der Waals surface area contributed by atoms with Crippen LogP contribution in [0.1, 0.15) is 6.92 Å². The van der Waals surface area contributed by atoms with E-state index in [-0.39, 0.29) is 5.41 Å². The minimum absolute atomic E-state index is 0.267. The zero-order valence-electron chi connectivity index (χ0n) is 5.61. The SMILES string of the molecule is C=C(CBr)C1(C)COC1. The maximum Gasteiger partial charge on any atom is 0.0579 e. The van der Waals surface area contributed by atoms with Crippen molar-refractivity contribution in [2.24, 2.45) is 5.41 Å². The average molecular weight is 191 g/mol. The summed E-state index contributed by atoms with van der Waals surface area (Å²) >= 11 is 3.37. The van der Waals surface area contributed by atoms with Crippen LogP contribution < -0.4 is 0 Å². The minimum Gasteiger partial charge on any atom is -0.379 e. The molecule has 1 nitrogen and oxygen atoms in total. The first-order valence-corrected chi connectivity index (χ1v) is 4.13. The first-order valence-electron chi connectivity index (χ1n) is 3.01. The molecule has 0 aromatic carbocycles. The Kier molecular flexibility index (Phi) is 1.97. The molecule has 1 heterocycles. The Bertz CT molecular complexity index is 127. The third-order valence-electron chi connectivity index (χ3n) is 1.86. The van der Waals surface area contributed by atoms with Crippen molar-refractivity contribution in [3.63, 3.8) is 0 Å². The summed E-state index contributed by atoms with van der Waals surface area (Å²) < 4.78 is 5.08. The Morgan fingerprint density at radius 3 is 2.44 bits per heavy atom. The Labute approximate surface area is 64.2 Å². The van der Waals surface area contributed by atoms with Gasteiger partial charge in [0.15, 0.2) is 0 Å².